The quantitative estimate of drug-likeness (QED) is 0.847. The lowest BCUT2D eigenvalue weighted by molar-refractivity contribution is -0.136. The second-order valence-corrected chi connectivity index (χ2v) is 6.75. The molecule has 0 aliphatic heterocycles. The van der Waals surface area contributed by atoms with E-state index in [9.17, 15) is 13.2 Å². The van der Waals surface area contributed by atoms with Gasteiger partial charge in [-0.1, -0.05) is 18.2 Å². The number of hydrogen-bond acceptors (Lipinski definition) is 3. The van der Waals surface area contributed by atoms with Crippen LogP contribution in [-0.2, 0) is 28.3 Å². The molecule has 1 atom stereocenters. The Bertz CT molecular complexity index is 766. The van der Waals surface area contributed by atoms with E-state index in [1.807, 2.05) is 0 Å². The Morgan fingerprint density at radius 1 is 1.23 bits per heavy atom. The molecule has 0 spiro atoms. The fourth-order valence-electron chi connectivity index (χ4n) is 2.30. The molecule has 6 nitrogen and oxygen atoms in total. The zero-order chi connectivity index (χ0) is 16.3. The summed E-state index contributed by atoms with van der Waals surface area (Å²) in [5.74, 6) is -0.926. The molecule has 0 amide bonds. The van der Waals surface area contributed by atoms with Crippen LogP contribution in [0.4, 0.5) is 0 Å². The van der Waals surface area contributed by atoms with Gasteiger partial charge < -0.3 is 9.67 Å². The second kappa shape index (κ2) is 6.33. The number of sulfonamides is 1. The topological polar surface area (TPSA) is 88.4 Å². The van der Waals surface area contributed by atoms with E-state index in [0.717, 1.165) is 0 Å². The van der Waals surface area contributed by atoms with Crippen LogP contribution in [0.3, 0.4) is 0 Å². The number of carboxylic acid groups (broad SMARTS) is 1. The van der Waals surface area contributed by atoms with Gasteiger partial charge in [0.15, 0.2) is 0 Å². The molecule has 2 aromatic rings. The number of nitrogens with zero attached hydrogens (tertiary/aromatic N) is 1. The molecule has 22 heavy (non-hydrogen) atoms. The number of aliphatic carboxylic acids is 1. The van der Waals surface area contributed by atoms with Crippen molar-refractivity contribution in [3.05, 3.63) is 53.9 Å². The third kappa shape index (κ3) is 3.55. The van der Waals surface area contributed by atoms with Gasteiger partial charge in [-0.15, -0.1) is 0 Å². The van der Waals surface area contributed by atoms with Gasteiger partial charge in [-0.25, -0.2) is 13.1 Å². The van der Waals surface area contributed by atoms with Gasteiger partial charge in [0.05, 0.1) is 17.4 Å². The molecule has 0 aliphatic rings. The Kier molecular flexibility index (Phi) is 4.68. The van der Waals surface area contributed by atoms with E-state index in [4.69, 9.17) is 5.11 Å². The van der Waals surface area contributed by atoms with Crippen LogP contribution in [0, 0.1) is 0 Å². The first-order chi connectivity index (χ1) is 10.3. The standard InChI is InChI=1S/C15H18N2O4S/c1-11(14-9-8-12(17(14)2)10-15(18)19)16-22(20,21)13-6-4-3-5-7-13/h3-9,11,16H,10H2,1-2H3,(H,18,19). The second-order valence-electron chi connectivity index (χ2n) is 5.04. The molecule has 1 aromatic carbocycles. The maximum atomic E-state index is 12.3. The van der Waals surface area contributed by atoms with Gasteiger partial charge >= 0.3 is 5.97 Å². The Morgan fingerprint density at radius 2 is 1.86 bits per heavy atom. The van der Waals surface area contributed by atoms with Crippen LogP contribution in [0.1, 0.15) is 24.4 Å². The average molecular weight is 322 g/mol. The van der Waals surface area contributed by atoms with Gasteiger partial charge in [0.25, 0.3) is 0 Å². The van der Waals surface area contributed by atoms with Crippen LogP contribution >= 0.6 is 0 Å². The SMILES string of the molecule is CC(NS(=O)(=O)c1ccccc1)c1ccc(CC(=O)O)n1C. The molecule has 0 fully saturated rings. The normalized spacial score (nSPS) is 13.0. The lowest BCUT2D eigenvalue weighted by atomic mass is 10.2. The Balaban J connectivity index is 2.21. The third-order valence-electron chi connectivity index (χ3n) is 3.43. The van der Waals surface area contributed by atoms with Crippen LogP contribution in [0.5, 0.6) is 0 Å². The van der Waals surface area contributed by atoms with Gasteiger partial charge in [0, 0.05) is 18.4 Å². The van der Waals surface area contributed by atoms with Crippen LogP contribution in [0.15, 0.2) is 47.4 Å². The largest absolute Gasteiger partial charge is 0.481 e. The maximum absolute atomic E-state index is 12.3. The third-order valence-corrected chi connectivity index (χ3v) is 4.98. The summed E-state index contributed by atoms with van der Waals surface area (Å²) < 4.78 is 28.9. The molecule has 2 N–H and O–H groups in total. The number of carboxylic acids is 1. The summed E-state index contributed by atoms with van der Waals surface area (Å²) in [6, 6.07) is 11.1. The van der Waals surface area contributed by atoms with E-state index < -0.39 is 22.0 Å². The fraction of sp³-hybridized carbons (Fsp3) is 0.267. The molecule has 1 aromatic heterocycles. The van der Waals surface area contributed by atoms with Gasteiger partial charge in [-0.3, -0.25) is 4.79 Å². The molecule has 1 unspecified atom stereocenters. The Hall–Kier alpha value is -2.12. The maximum Gasteiger partial charge on any atom is 0.309 e. The number of carbonyl (C=O) groups is 1. The van der Waals surface area contributed by atoms with Crippen molar-refractivity contribution in [1.82, 2.24) is 9.29 Å². The van der Waals surface area contributed by atoms with E-state index in [1.165, 1.54) is 12.1 Å². The van der Waals surface area contributed by atoms with Crippen molar-refractivity contribution in [2.75, 3.05) is 0 Å². The Morgan fingerprint density at radius 3 is 2.45 bits per heavy atom. The zero-order valence-corrected chi connectivity index (χ0v) is 13.2. The van der Waals surface area contributed by atoms with Crippen molar-refractivity contribution in [3.63, 3.8) is 0 Å². The lowest BCUT2D eigenvalue weighted by Crippen LogP contribution is -2.28. The number of rotatable bonds is 6. The van der Waals surface area contributed by atoms with Crippen molar-refractivity contribution >= 4 is 16.0 Å². The molecule has 2 rings (SSSR count). The van der Waals surface area contributed by atoms with Crippen molar-refractivity contribution in [3.8, 4) is 0 Å². The minimum absolute atomic E-state index is 0.103. The van der Waals surface area contributed by atoms with E-state index in [1.54, 1.807) is 48.9 Å². The fourth-order valence-corrected chi connectivity index (χ4v) is 3.54. The molecule has 1 heterocycles. The van der Waals surface area contributed by atoms with Crippen molar-refractivity contribution in [2.45, 2.75) is 24.3 Å². The summed E-state index contributed by atoms with van der Waals surface area (Å²) in [5.41, 5.74) is 1.32. The summed E-state index contributed by atoms with van der Waals surface area (Å²) in [7, 11) is -1.89. The van der Waals surface area contributed by atoms with Crippen molar-refractivity contribution in [2.24, 2.45) is 7.05 Å². The van der Waals surface area contributed by atoms with E-state index in [0.29, 0.717) is 11.4 Å². The predicted molar refractivity (Wildman–Crippen MR) is 81.9 cm³/mol. The minimum Gasteiger partial charge on any atom is -0.481 e. The van der Waals surface area contributed by atoms with E-state index in [-0.39, 0.29) is 11.3 Å². The molecule has 118 valence electrons. The first-order valence-electron chi connectivity index (χ1n) is 6.75. The molecule has 0 radical (unpaired) electrons. The number of aromatic nitrogens is 1. The van der Waals surface area contributed by atoms with E-state index >= 15 is 0 Å². The first-order valence-corrected chi connectivity index (χ1v) is 8.23. The van der Waals surface area contributed by atoms with E-state index in [2.05, 4.69) is 4.72 Å². The van der Waals surface area contributed by atoms with Crippen molar-refractivity contribution in [1.29, 1.82) is 0 Å². The molecular weight excluding hydrogens is 304 g/mol. The average Bonchev–Trinajstić information content (AvgIpc) is 2.80. The predicted octanol–water partition coefficient (Wildman–Crippen LogP) is 1.69. The van der Waals surface area contributed by atoms with Crippen LogP contribution < -0.4 is 4.72 Å². The zero-order valence-electron chi connectivity index (χ0n) is 12.4. The van der Waals surface area contributed by atoms with Gasteiger partial charge in [0.1, 0.15) is 0 Å². The Labute approximate surface area is 129 Å². The highest BCUT2D eigenvalue weighted by Crippen LogP contribution is 2.19. The van der Waals surface area contributed by atoms with Gasteiger partial charge in [-0.2, -0.15) is 0 Å². The molecular formula is C15H18N2O4S. The summed E-state index contributed by atoms with van der Waals surface area (Å²) in [4.78, 5) is 11.0. The highest BCUT2D eigenvalue weighted by molar-refractivity contribution is 7.89. The molecule has 0 saturated carbocycles. The minimum atomic E-state index is -3.62. The molecule has 0 saturated heterocycles. The highest BCUT2D eigenvalue weighted by atomic mass is 32.2. The summed E-state index contributed by atoms with van der Waals surface area (Å²) in [6.07, 6.45) is -0.103. The van der Waals surface area contributed by atoms with Gasteiger partial charge in [-0.05, 0) is 31.2 Å². The molecule has 7 heteroatoms. The lowest BCUT2D eigenvalue weighted by Gasteiger charge is -2.16. The van der Waals surface area contributed by atoms with Crippen LogP contribution in [0.25, 0.3) is 0 Å². The molecule has 0 bridgehead atoms. The first kappa shape index (κ1) is 16.3. The highest BCUT2D eigenvalue weighted by Gasteiger charge is 2.20. The number of hydrogen-bond donors (Lipinski definition) is 2. The van der Waals surface area contributed by atoms with Crippen molar-refractivity contribution < 1.29 is 18.3 Å². The number of nitrogens with one attached hydrogen (secondary N) is 1. The molecule has 0 aliphatic carbocycles. The van der Waals surface area contributed by atoms with Crippen LogP contribution in [0.2, 0.25) is 0 Å². The summed E-state index contributed by atoms with van der Waals surface area (Å²) in [6.45, 7) is 1.72. The van der Waals surface area contributed by atoms with Gasteiger partial charge in [0.2, 0.25) is 10.0 Å². The smallest absolute Gasteiger partial charge is 0.309 e. The number of benzene rings is 1. The summed E-state index contributed by atoms with van der Waals surface area (Å²) in [5, 5.41) is 8.85. The monoisotopic (exact) mass is 322 g/mol. The summed E-state index contributed by atoms with van der Waals surface area (Å²) >= 11 is 0. The van der Waals surface area contributed by atoms with Crippen LogP contribution in [-0.4, -0.2) is 24.1 Å².